The summed E-state index contributed by atoms with van der Waals surface area (Å²) in [5.74, 6) is 0.326. The Morgan fingerprint density at radius 3 is 2.30 bits per heavy atom. The van der Waals surface area contributed by atoms with E-state index < -0.39 is 19.9 Å². The molecule has 3 aromatic rings. The SMILES string of the molecule is COCCn1c(CN(CCN2CCOCC2)S(=O)(=O)c2ccc(OC)cc2)cnc1S(=O)(=O)Cc1ccccc1. The summed E-state index contributed by atoms with van der Waals surface area (Å²) >= 11 is 0. The molecular formula is C27H36N4O7S2. The fourth-order valence-electron chi connectivity index (χ4n) is 4.49. The van der Waals surface area contributed by atoms with Gasteiger partial charge in [-0.1, -0.05) is 30.3 Å². The number of benzene rings is 2. The van der Waals surface area contributed by atoms with Gasteiger partial charge in [0.25, 0.3) is 0 Å². The van der Waals surface area contributed by atoms with Gasteiger partial charge in [0.1, 0.15) is 5.75 Å². The molecule has 1 fully saturated rings. The van der Waals surface area contributed by atoms with E-state index in [1.54, 1.807) is 41.0 Å². The number of methoxy groups -OCH3 is 2. The summed E-state index contributed by atoms with van der Waals surface area (Å²) in [5.41, 5.74) is 1.10. The van der Waals surface area contributed by atoms with Gasteiger partial charge in [0.15, 0.2) is 0 Å². The van der Waals surface area contributed by atoms with Crippen LogP contribution in [0.2, 0.25) is 0 Å². The van der Waals surface area contributed by atoms with E-state index in [4.69, 9.17) is 14.2 Å². The van der Waals surface area contributed by atoms with Crippen molar-refractivity contribution in [3.05, 3.63) is 72.1 Å². The summed E-state index contributed by atoms with van der Waals surface area (Å²) < 4.78 is 73.3. The van der Waals surface area contributed by atoms with Crippen molar-refractivity contribution in [2.75, 3.05) is 60.2 Å². The molecule has 2 heterocycles. The molecule has 4 rings (SSSR count). The second-order valence-electron chi connectivity index (χ2n) is 9.39. The average molecular weight is 593 g/mol. The van der Waals surface area contributed by atoms with E-state index in [-0.39, 0.29) is 42.0 Å². The van der Waals surface area contributed by atoms with Crippen molar-refractivity contribution in [3.8, 4) is 5.75 Å². The van der Waals surface area contributed by atoms with E-state index in [1.807, 2.05) is 6.07 Å². The van der Waals surface area contributed by atoms with Crippen molar-refractivity contribution in [3.63, 3.8) is 0 Å². The first kappa shape index (κ1) is 30.2. The molecule has 0 aliphatic carbocycles. The molecule has 40 heavy (non-hydrogen) atoms. The van der Waals surface area contributed by atoms with Crippen molar-refractivity contribution in [1.82, 2.24) is 18.8 Å². The van der Waals surface area contributed by atoms with Gasteiger partial charge in [-0.2, -0.15) is 4.31 Å². The van der Waals surface area contributed by atoms with Crippen molar-refractivity contribution < 1.29 is 31.0 Å². The van der Waals surface area contributed by atoms with Gasteiger partial charge >= 0.3 is 0 Å². The van der Waals surface area contributed by atoms with Gasteiger partial charge in [0.05, 0.1) is 56.0 Å². The van der Waals surface area contributed by atoms with Crippen LogP contribution in [0.15, 0.2) is 70.8 Å². The predicted molar refractivity (Wildman–Crippen MR) is 149 cm³/mol. The number of morpholine rings is 1. The van der Waals surface area contributed by atoms with E-state index >= 15 is 0 Å². The molecule has 0 amide bonds. The maximum absolute atomic E-state index is 13.8. The summed E-state index contributed by atoms with van der Waals surface area (Å²) in [6.07, 6.45) is 1.44. The third-order valence-corrected chi connectivity index (χ3v) is 10.2. The molecule has 1 aliphatic heterocycles. The highest BCUT2D eigenvalue weighted by Gasteiger charge is 2.29. The first-order chi connectivity index (χ1) is 19.2. The summed E-state index contributed by atoms with van der Waals surface area (Å²) in [4.78, 5) is 6.54. The quantitative estimate of drug-likeness (QED) is 0.277. The van der Waals surface area contributed by atoms with Gasteiger partial charge in [-0.3, -0.25) is 4.90 Å². The van der Waals surface area contributed by atoms with Crippen LogP contribution < -0.4 is 4.74 Å². The highest BCUT2D eigenvalue weighted by Crippen LogP contribution is 2.24. The lowest BCUT2D eigenvalue weighted by Crippen LogP contribution is -2.43. The molecule has 13 heteroatoms. The number of imidazole rings is 1. The van der Waals surface area contributed by atoms with Crippen molar-refractivity contribution >= 4 is 19.9 Å². The molecule has 0 saturated carbocycles. The first-order valence-electron chi connectivity index (χ1n) is 13.0. The Balaban J connectivity index is 1.66. The second kappa shape index (κ2) is 13.7. The van der Waals surface area contributed by atoms with Gasteiger partial charge in [-0.05, 0) is 29.8 Å². The molecule has 0 unspecified atom stereocenters. The van der Waals surface area contributed by atoms with Crippen LogP contribution in [0.3, 0.4) is 0 Å². The zero-order chi connectivity index (χ0) is 28.6. The van der Waals surface area contributed by atoms with Crippen LogP contribution in [-0.2, 0) is 48.2 Å². The molecule has 0 atom stereocenters. The lowest BCUT2D eigenvalue weighted by atomic mass is 10.2. The number of hydrogen-bond donors (Lipinski definition) is 0. The van der Waals surface area contributed by atoms with Crippen LogP contribution in [0.4, 0.5) is 0 Å². The molecule has 218 valence electrons. The molecule has 0 spiro atoms. The molecule has 2 aromatic carbocycles. The fraction of sp³-hybridized carbons (Fsp3) is 0.444. The van der Waals surface area contributed by atoms with Gasteiger partial charge in [-0.25, -0.2) is 21.8 Å². The topological polar surface area (TPSA) is 120 Å². The first-order valence-corrected chi connectivity index (χ1v) is 16.1. The third-order valence-electron chi connectivity index (χ3n) is 6.70. The monoisotopic (exact) mass is 592 g/mol. The van der Waals surface area contributed by atoms with E-state index in [0.29, 0.717) is 49.9 Å². The van der Waals surface area contributed by atoms with Crippen molar-refractivity contribution in [2.24, 2.45) is 0 Å². The number of rotatable bonds is 14. The fourth-order valence-corrected chi connectivity index (χ4v) is 7.41. The van der Waals surface area contributed by atoms with Crippen molar-refractivity contribution in [2.45, 2.75) is 28.9 Å². The number of nitrogens with zero attached hydrogens (tertiary/aromatic N) is 4. The molecule has 0 N–H and O–H groups in total. The number of ether oxygens (including phenoxy) is 3. The van der Waals surface area contributed by atoms with Crippen LogP contribution in [0.25, 0.3) is 0 Å². The average Bonchev–Trinajstić information content (AvgIpc) is 3.38. The summed E-state index contributed by atoms with van der Waals surface area (Å²) in [6.45, 7) is 3.70. The maximum Gasteiger partial charge on any atom is 0.243 e. The number of sulfonamides is 1. The Bertz CT molecular complexity index is 1440. The normalized spacial score (nSPS) is 15.0. The minimum absolute atomic E-state index is 0.0593. The summed E-state index contributed by atoms with van der Waals surface area (Å²) in [6, 6.07) is 15.1. The lowest BCUT2D eigenvalue weighted by Gasteiger charge is -2.30. The Morgan fingerprint density at radius 2 is 1.65 bits per heavy atom. The molecule has 1 saturated heterocycles. The number of aromatic nitrogens is 2. The second-order valence-corrected chi connectivity index (χ2v) is 13.2. The molecule has 0 radical (unpaired) electrons. The minimum atomic E-state index is -3.94. The van der Waals surface area contributed by atoms with Crippen LogP contribution in [0.5, 0.6) is 5.75 Å². The smallest absolute Gasteiger partial charge is 0.243 e. The Kier molecular flexibility index (Phi) is 10.3. The zero-order valence-electron chi connectivity index (χ0n) is 22.8. The van der Waals surface area contributed by atoms with Gasteiger partial charge in [0, 0.05) is 39.8 Å². The molecule has 1 aromatic heterocycles. The largest absolute Gasteiger partial charge is 0.497 e. The highest BCUT2D eigenvalue weighted by atomic mass is 32.2. The number of hydrogen-bond acceptors (Lipinski definition) is 9. The van der Waals surface area contributed by atoms with Crippen LogP contribution >= 0.6 is 0 Å². The van der Waals surface area contributed by atoms with Crippen molar-refractivity contribution in [1.29, 1.82) is 0 Å². The third kappa shape index (κ3) is 7.47. The van der Waals surface area contributed by atoms with Crippen LogP contribution in [0, 0.1) is 0 Å². The van der Waals surface area contributed by atoms with Crippen LogP contribution in [-0.4, -0.2) is 95.8 Å². The van der Waals surface area contributed by atoms with Gasteiger partial charge in [0.2, 0.25) is 25.0 Å². The Hall–Kier alpha value is -2.81. The number of sulfone groups is 1. The molecule has 0 bridgehead atoms. The standard InChI is InChI=1S/C27H36N4O7S2/c1-36-17-16-31-24(20-28-27(31)39(32,33)22-23-6-4-3-5-7-23)21-30(13-12-29-14-18-38-19-15-29)40(34,35)26-10-8-25(37-2)9-11-26/h3-11,20H,12-19,21-22H2,1-2H3. The molecule has 1 aliphatic rings. The summed E-state index contributed by atoms with van der Waals surface area (Å²) in [5, 5.41) is -0.113. The van der Waals surface area contributed by atoms with E-state index in [1.165, 1.54) is 36.9 Å². The molecule has 11 nitrogen and oxygen atoms in total. The highest BCUT2D eigenvalue weighted by molar-refractivity contribution is 7.90. The van der Waals surface area contributed by atoms with E-state index in [0.717, 1.165) is 0 Å². The van der Waals surface area contributed by atoms with Crippen LogP contribution in [0.1, 0.15) is 11.3 Å². The van der Waals surface area contributed by atoms with E-state index in [9.17, 15) is 16.8 Å². The van der Waals surface area contributed by atoms with Gasteiger partial charge in [-0.15, -0.1) is 0 Å². The van der Waals surface area contributed by atoms with Gasteiger partial charge < -0.3 is 18.8 Å². The Labute approximate surface area is 236 Å². The molecular weight excluding hydrogens is 556 g/mol. The maximum atomic E-state index is 13.8. The zero-order valence-corrected chi connectivity index (χ0v) is 24.4. The minimum Gasteiger partial charge on any atom is -0.497 e. The predicted octanol–water partition coefficient (Wildman–Crippen LogP) is 2.04. The summed E-state index contributed by atoms with van der Waals surface area (Å²) in [7, 11) is -4.72. The Morgan fingerprint density at radius 1 is 0.950 bits per heavy atom. The lowest BCUT2D eigenvalue weighted by molar-refractivity contribution is 0.0361. The van der Waals surface area contributed by atoms with E-state index in [2.05, 4.69) is 9.88 Å².